The van der Waals surface area contributed by atoms with Crippen molar-refractivity contribution in [1.82, 2.24) is 0 Å². The normalized spacial score (nSPS) is 31.2. The van der Waals surface area contributed by atoms with Crippen LogP contribution in [0.2, 0.25) is 0 Å². The van der Waals surface area contributed by atoms with E-state index < -0.39 is 30.0 Å². The molecule has 0 saturated heterocycles. The molecule has 1 saturated carbocycles. The van der Waals surface area contributed by atoms with Gasteiger partial charge >= 0.3 is 12.3 Å². The van der Waals surface area contributed by atoms with Gasteiger partial charge < -0.3 is 19.9 Å². The summed E-state index contributed by atoms with van der Waals surface area (Å²) in [5, 5.41) is 12.0. The van der Waals surface area contributed by atoms with Crippen molar-refractivity contribution < 1.29 is 33.0 Å². The lowest BCUT2D eigenvalue weighted by atomic mass is 9.82. The average molecular weight is 337 g/mol. The zero-order valence-corrected chi connectivity index (χ0v) is 12.2. The van der Waals surface area contributed by atoms with Crippen LogP contribution in [0.15, 0.2) is 30.4 Å². The SMILES string of the molecule is O=C(O)[C@@H]1[C@@H](C(=O)Nc2ccc3c(c2)OC(F)(F)O3)[C@H]2C=C[C@H]1C2. The summed E-state index contributed by atoms with van der Waals surface area (Å²) in [5.74, 6) is -3.44. The number of carboxylic acid groups (broad SMARTS) is 1. The number of carbonyl (C=O) groups is 2. The number of ether oxygens (including phenoxy) is 2. The molecule has 4 rings (SSSR count). The smallest absolute Gasteiger partial charge is 0.481 e. The highest BCUT2D eigenvalue weighted by Gasteiger charge is 2.51. The first kappa shape index (κ1) is 14.9. The minimum atomic E-state index is -3.73. The van der Waals surface area contributed by atoms with Crippen LogP contribution in [0.25, 0.3) is 0 Å². The first-order valence-corrected chi connectivity index (χ1v) is 7.46. The number of carboxylic acids is 1. The number of amides is 1. The highest BCUT2D eigenvalue weighted by molar-refractivity contribution is 5.96. The van der Waals surface area contributed by atoms with Gasteiger partial charge in [0.1, 0.15) is 0 Å². The van der Waals surface area contributed by atoms with Gasteiger partial charge in [0, 0.05) is 11.8 Å². The third-order valence-corrected chi connectivity index (χ3v) is 4.72. The molecule has 1 amide bonds. The molecule has 1 fully saturated rings. The summed E-state index contributed by atoms with van der Waals surface area (Å²) in [4.78, 5) is 24.0. The van der Waals surface area contributed by atoms with E-state index in [0.29, 0.717) is 6.42 Å². The Morgan fingerprint density at radius 3 is 2.50 bits per heavy atom. The Balaban J connectivity index is 1.53. The molecule has 8 heteroatoms. The van der Waals surface area contributed by atoms with Crippen LogP contribution in [-0.4, -0.2) is 23.3 Å². The highest BCUT2D eigenvalue weighted by Crippen LogP contribution is 2.49. The lowest BCUT2D eigenvalue weighted by Crippen LogP contribution is -2.36. The average Bonchev–Trinajstić information content (AvgIpc) is 3.16. The van der Waals surface area contributed by atoms with E-state index in [1.165, 1.54) is 18.2 Å². The molecule has 24 heavy (non-hydrogen) atoms. The summed E-state index contributed by atoms with van der Waals surface area (Å²) >= 11 is 0. The maximum Gasteiger partial charge on any atom is 0.586 e. The number of hydrogen-bond acceptors (Lipinski definition) is 4. The topological polar surface area (TPSA) is 84.9 Å². The maximum absolute atomic E-state index is 13.0. The van der Waals surface area contributed by atoms with Crippen LogP contribution >= 0.6 is 0 Å². The molecule has 0 radical (unpaired) electrons. The van der Waals surface area contributed by atoms with Gasteiger partial charge in [-0.1, -0.05) is 12.2 Å². The predicted octanol–water partition coefficient (Wildman–Crippen LogP) is 2.47. The first-order valence-electron chi connectivity index (χ1n) is 7.46. The molecule has 3 aliphatic rings. The summed E-state index contributed by atoms with van der Waals surface area (Å²) in [7, 11) is 0. The summed E-state index contributed by atoms with van der Waals surface area (Å²) < 4.78 is 34.7. The van der Waals surface area contributed by atoms with Crippen LogP contribution < -0.4 is 14.8 Å². The number of anilines is 1. The van der Waals surface area contributed by atoms with Crippen LogP contribution in [0.3, 0.4) is 0 Å². The molecule has 1 aliphatic heterocycles. The van der Waals surface area contributed by atoms with Crippen LogP contribution in [-0.2, 0) is 9.59 Å². The van der Waals surface area contributed by atoms with Gasteiger partial charge in [0.05, 0.1) is 11.8 Å². The summed E-state index contributed by atoms with van der Waals surface area (Å²) in [5.41, 5.74) is 0.246. The third-order valence-electron chi connectivity index (χ3n) is 4.72. The Morgan fingerprint density at radius 1 is 1.12 bits per heavy atom. The Bertz CT molecular complexity index is 763. The third kappa shape index (κ3) is 2.29. The molecule has 1 aromatic rings. The van der Waals surface area contributed by atoms with Gasteiger partial charge in [-0.2, -0.15) is 0 Å². The molecule has 1 aromatic carbocycles. The Kier molecular flexibility index (Phi) is 3.06. The van der Waals surface area contributed by atoms with Gasteiger partial charge in [0.2, 0.25) is 5.91 Å². The van der Waals surface area contributed by atoms with Crippen molar-refractivity contribution in [2.75, 3.05) is 5.32 Å². The number of hydrogen-bond donors (Lipinski definition) is 2. The summed E-state index contributed by atoms with van der Waals surface area (Å²) in [6.07, 6.45) is 0.627. The van der Waals surface area contributed by atoms with Crippen molar-refractivity contribution in [3.05, 3.63) is 30.4 Å². The lowest BCUT2D eigenvalue weighted by Gasteiger charge is -2.23. The number of aliphatic carboxylic acids is 1. The van der Waals surface area contributed by atoms with Crippen molar-refractivity contribution in [2.24, 2.45) is 23.7 Å². The van der Waals surface area contributed by atoms with Gasteiger partial charge in [-0.25, -0.2) is 0 Å². The van der Waals surface area contributed by atoms with E-state index in [9.17, 15) is 23.5 Å². The van der Waals surface area contributed by atoms with E-state index in [1.807, 2.05) is 12.2 Å². The molecule has 0 unspecified atom stereocenters. The highest BCUT2D eigenvalue weighted by atomic mass is 19.3. The molecule has 4 atom stereocenters. The Morgan fingerprint density at radius 2 is 1.79 bits per heavy atom. The second kappa shape index (κ2) is 4.93. The largest absolute Gasteiger partial charge is 0.586 e. The molecule has 2 aliphatic carbocycles. The van der Waals surface area contributed by atoms with E-state index in [4.69, 9.17) is 0 Å². The van der Waals surface area contributed by atoms with Gasteiger partial charge in [-0.15, -0.1) is 8.78 Å². The van der Waals surface area contributed by atoms with Crippen molar-refractivity contribution >= 4 is 17.6 Å². The van der Waals surface area contributed by atoms with Crippen molar-refractivity contribution in [3.63, 3.8) is 0 Å². The zero-order chi connectivity index (χ0) is 17.1. The second-order valence-electron chi connectivity index (χ2n) is 6.16. The predicted molar refractivity (Wildman–Crippen MR) is 76.6 cm³/mol. The molecule has 1 heterocycles. The number of alkyl halides is 2. The molecule has 126 valence electrons. The van der Waals surface area contributed by atoms with Crippen LogP contribution in [0.1, 0.15) is 6.42 Å². The quantitative estimate of drug-likeness (QED) is 0.828. The van der Waals surface area contributed by atoms with Crippen molar-refractivity contribution in [1.29, 1.82) is 0 Å². The van der Waals surface area contributed by atoms with Crippen LogP contribution in [0.5, 0.6) is 11.5 Å². The molecule has 6 nitrogen and oxygen atoms in total. The first-order chi connectivity index (χ1) is 11.3. The minimum absolute atomic E-state index is 0.116. The van der Waals surface area contributed by atoms with Gasteiger partial charge in [-0.05, 0) is 30.4 Å². The van der Waals surface area contributed by atoms with Gasteiger partial charge in [0.25, 0.3) is 0 Å². The fourth-order valence-corrected chi connectivity index (χ4v) is 3.77. The molecule has 2 N–H and O–H groups in total. The summed E-state index contributed by atoms with van der Waals surface area (Å²) in [6.45, 7) is 0. The van der Waals surface area contributed by atoms with Gasteiger partial charge in [0.15, 0.2) is 11.5 Å². The second-order valence-corrected chi connectivity index (χ2v) is 6.16. The van der Waals surface area contributed by atoms with E-state index in [0.717, 1.165) is 0 Å². The lowest BCUT2D eigenvalue weighted by molar-refractivity contribution is -0.286. The number of fused-ring (bicyclic) bond motifs is 3. The van der Waals surface area contributed by atoms with Gasteiger partial charge in [-0.3, -0.25) is 9.59 Å². The zero-order valence-electron chi connectivity index (χ0n) is 12.2. The van der Waals surface area contributed by atoms with Crippen molar-refractivity contribution in [2.45, 2.75) is 12.7 Å². The number of benzene rings is 1. The molecular formula is C16H13F2NO5. The fraction of sp³-hybridized carbons (Fsp3) is 0.375. The van der Waals surface area contributed by atoms with Crippen molar-refractivity contribution in [3.8, 4) is 11.5 Å². The maximum atomic E-state index is 13.0. The van der Waals surface area contributed by atoms with E-state index >= 15 is 0 Å². The number of allylic oxidation sites excluding steroid dienone is 2. The monoisotopic (exact) mass is 337 g/mol. The molecule has 2 bridgehead atoms. The minimum Gasteiger partial charge on any atom is -0.481 e. The summed E-state index contributed by atoms with van der Waals surface area (Å²) in [6, 6.07) is 3.90. The standard InChI is InChI=1S/C16H13F2NO5/c17-16(18)23-10-4-3-9(6-11(10)24-16)19-14(20)12-7-1-2-8(5-7)13(12)15(21)22/h1-4,6-8,12-13H,5H2,(H,19,20)(H,21,22)/t7-,8-,12-,13-/m0/s1. The molecular weight excluding hydrogens is 324 g/mol. The van der Waals surface area contributed by atoms with Crippen LogP contribution in [0.4, 0.5) is 14.5 Å². The number of halogens is 2. The number of rotatable bonds is 3. The molecule has 0 aromatic heterocycles. The van der Waals surface area contributed by atoms with Crippen LogP contribution in [0, 0.1) is 23.7 Å². The van der Waals surface area contributed by atoms with E-state index in [1.54, 1.807) is 0 Å². The Labute approximate surface area is 135 Å². The Hall–Kier alpha value is -2.64. The van der Waals surface area contributed by atoms with E-state index in [-0.39, 0.29) is 29.0 Å². The number of carbonyl (C=O) groups excluding carboxylic acids is 1. The fourth-order valence-electron chi connectivity index (χ4n) is 3.77. The number of nitrogens with one attached hydrogen (secondary N) is 1. The molecule has 0 spiro atoms. The van der Waals surface area contributed by atoms with E-state index in [2.05, 4.69) is 14.8 Å².